The summed E-state index contributed by atoms with van der Waals surface area (Å²) < 4.78 is 0. The zero-order valence-electron chi connectivity index (χ0n) is 12.9. The molecule has 0 radical (unpaired) electrons. The van der Waals surface area contributed by atoms with Crippen LogP contribution in [0.2, 0.25) is 0 Å². The maximum Gasteiger partial charge on any atom is 0.295 e. The van der Waals surface area contributed by atoms with Crippen LogP contribution in [0.1, 0.15) is 35.7 Å². The first kappa shape index (κ1) is 15.0. The number of carbonyl (C=O) groups is 1. The molecule has 1 aromatic heterocycles. The Morgan fingerprint density at radius 3 is 2.57 bits per heavy atom. The minimum atomic E-state index is -0.445. The lowest BCUT2D eigenvalue weighted by Crippen LogP contribution is -1.91. The van der Waals surface area contributed by atoms with Crippen LogP contribution in [0.25, 0.3) is 10.9 Å². The number of nitrogens with one attached hydrogen (secondary N) is 1. The summed E-state index contributed by atoms with van der Waals surface area (Å²) in [6, 6.07) is 14.5. The monoisotopic (exact) mass is 307 g/mol. The van der Waals surface area contributed by atoms with Crippen LogP contribution >= 0.6 is 0 Å². The highest BCUT2D eigenvalue weighted by molar-refractivity contribution is 5.97. The van der Waals surface area contributed by atoms with Gasteiger partial charge in [-0.3, -0.25) is 4.79 Å². The quantitative estimate of drug-likeness (QED) is 0.673. The van der Waals surface area contributed by atoms with Crippen LogP contribution in [0.5, 0.6) is 5.88 Å². The van der Waals surface area contributed by atoms with E-state index in [2.05, 4.69) is 29.1 Å². The SMILES string of the molecule is CC(C)c1ccc2[nH]c(O)c(N=NC(=O)c3ccccc3)c2c1. The maximum atomic E-state index is 12.0. The van der Waals surface area contributed by atoms with E-state index in [0.29, 0.717) is 11.5 Å². The van der Waals surface area contributed by atoms with Crippen molar-refractivity contribution in [3.63, 3.8) is 0 Å². The van der Waals surface area contributed by atoms with Gasteiger partial charge in [0, 0.05) is 10.9 Å². The second kappa shape index (κ2) is 6.04. The second-order valence-corrected chi connectivity index (χ2v) is 5.65. The van der Waals surface area contributed by atoms with Crippen LogP contribution in [-0.4, -0.2) is 16.0 Å². The normalized spacial score (nSPS) is 11.6. The lowest BCUT2D eigenvalue weighted by molar-refractivity contribution is 0.0995. The van der Waals surface area contributed by atoms with Gasteiger partial charge in [0.15, 0.2) is 5.69 Å². The maximum absolute atomic E-state index is 12.0. The van der Waals surface area contributed by atoms with Crippen LogP contribution in [0, 0.1) is 0 Å². The number of hydrogen-bond acceptors (Lipinski definition) is 3. The number of fused-ring (bicyclic) bond motifs is 1. The molecule has 0 saturated carbocycles. The van der Waals surface area contributed by atoms with Crippen molar-refractivity contribution in [2.24, 2.45) is 10.2 Å². The fourth-order valence-electron chi connectivity index (χ4n) is 2.38. The molecule has 116 valence electrons. The van der Waals surface area contributed by atoms with Crippen LogP contribution in [0.15, 0.2) is 58.8 Å². The lowest BCUT2D eigenvalue weighted by atomic mass is 10.0. The van der Waals surface area contributed by atoms with E-state index < -0.39 is 5.91 Å². The van der Waals surface area contributed by atoms with Gasteiger partial charge in [-0.15, -0.1) is 10.2 Å². The summed E-state index contributed by atoms with van der Waals surface area (Å²) in [6.45, 7) is 4.18. The average molecular weight is 307 g/mol. The number of rotatable bonds is 3. The van der Waals surface area contributed by atoms with Gasteiger partial charge in [-0.05, 0) is 35.7 Å². The van der Waals surface area contributed by atoms with E-state index in [0.717, 1.165) is 16.5 Å². The average Bonchev–Trinajstić information content (AvgIpc) is 2.87. The summed E-state index contributed by atoms with van der Waals surface area (Å²) in [6.07, 6.45) is 0. The second-order valence-electron chi connectivity index (χ2n) is 5.65. The molecule has 0 aliphatic carbocycles. The number of carbonyl (C=O) groups excluding carboxylic acids is 1. The van der Waals surface area contributed by atoms with Crippen LogP contribution < -0.4 is 0 Å². The van der Waals surface area contributed by atoms with E-state index in [4.69, 9.17) is 0 Å². The van der Waals surface area contributed by atoms with E-state index in [1.54, 1.807) is 24.3 Å². The fraction of sp³-hybridized carbons (Fsp3) is 0.167. The third-order valence-electron chi connectivity index (χ3n) is 3.70. The van der Waals surface area contributed by atoms with Gasteiger partial charge in [-0.25, -0.2) is 0 Å². The molecular formula is C18H17N3O2. The van der Waals surface area contributed by atoms with Crippen molar-refractivity contribution in [2.75, 3.05) is 0 Å². The van der Waals surface area contributed by atoms with Gasteiger partial charge in [0.2, 0.25) is 5.88 Å². The largest absolute Gasteiger partial charge is 0.493 e. The van der Waals surface area contributed by atoms with Gasteiger partial charge >= 0.3 is 0 Å². The Bertz CT molecular complexity index is 880. The Morgan fingerprint density at radius 1 is 1.13 bits per heavy atom. The predicted molar refractivity (Wildman–Crippen MR) is 89.3 cm³/mol. The summed E-state index contributed by atoms with van der Waals surface area (Å²) in [5, 5.41) is 18.5. The van der Waals surface area contributed by atoms with Gasteiger partial charge in [0.25, 0.3) is 5.91 Å². The van der Waals surface area contributed by atoms with Crippen molar-refractivity contribution < 1.29 is 9.90 Å². The molecule has 0 fully saturated rings. The smallest absolute Gasteiger partial charge is 0.295 e. The summed E-state index contributed by atoms with van der Waals surface area (Å²) in [7, 11) is 0. The number of aromatic amines is 1. The first-order chi connectivity index (χ1) is 11.1. The Morgan fingerprint density at radius 2 is 1.87 bits per heavy atom. The highest BCUT2D eigenvalue weighted by Gasteiger charge is 2.13. The Labute approximate surface area is 133 Å². The first-order valence-corrected chi connectivity index (χ1v) is 7.42. The molecule has 0 aliphatic heterocycles. The van der Waals surface area contributed by atoms with Crippen molar-refractivity contribution in [2.45, 2.75) is 19.8 Å². The lowest BCUT2D eigenvalue weighted by Gasteiger charge is -2.04. The number of nitrogens with zero attached hydrogens (tertiary/aromatic N) is 2. The molecule has 3 rings (SSSR count). The van der Waals surface area contributed by atoms with Crippen molar-refractivity contribution in [1.29, 1.82) is 0 Å². The molecule has 23 heavy (non-hydrogen) atoms. The number of aromatic hydroxyl groups is 1. The molecule has 5 nitrogen and oxygen atoms in total. The van der Waals surface area contributed by atoms with Crippen LogP contribution in [0.4, 0.5) is 5.69 Å². The molecule has 2 aromatic carbocycles. The van der Waals surface area contributed by atoms with E-state index in [1.165, 1.54) is 0 Å². The Balaban J connectivity index is 1.99. The van der Waals surface area contributed by atoms with Crippen molar-refractivity contribution >= 4 is 22.5 Å². The van der Waals surface area contributed by atoms with Gasteiger partial charge in [-0.1, -0.05) is 38.1 Å². The molecular weight excluding hydrogens is 290 g/mol. The number of aromatic nitrogens is 1. The molecule has 0 atom stereocenters. The molecule has 0 spiro atoms. The first-order valence-electron chi connectivity index (χ1n) is 7.42. The van der Waals surface area contributed by atoms with E-state index in [-0.39, 0.29) is 11.6 Å². The molecule has 1 amide bonds. The fourth-order valence-corrected chi connectivity index (χ4v) is 2.38. The zero-order chi connectivity index (χ0) is 16.4. The van der Waals surface area contributed by atoms with E-state index >= 15 is 0 Å². The Kier molecular flexibility index (Phi) is 3.93. The molecule has 0 unspecified atom stereocenters. The molecule has 0 aliphatic rings. The number of azo groups is 1. The molecule has 2 N–H and O–H groups in total. The highest BCUT2D eigenvalue weighted by Crippen LogP contribution is 2.37. The summed E-state index contributed by atoms with van der Waals surface area (Å²) in [5.74, 6) is -0.183. The predicted octanol–water partition coefficient (Wildman–Crippen LogP) is 4.92. The number of H-pyrrole nitrogens is 1. The topological polar surface area (TPSA) is 77.8 Å². The highest BCUT2D eigenvalue weighted by atomic mass is 16.3. The molecule has 5 heteroatoms. The van der Waals surface area contributed by atoms with E-state index in [9.17, 15) is 9.90 Å². The zero-order valence-corrected chi connectivity index (χ0v) is 12.9. The minimum Gasteiger partial charge on any atom is -0.493 e. The molecule has 1 heterocycles. The van der Waals surface area contributed by atoms with Gasteiger partial charge in [0.1, 0.15) is 0 Å². The van der Waals surface area contributed by atoms with Crippen LogP contribution in [0.3, 0.4) is 0 Å². The third kappa shape index (κ3) is 2.99. The Hall–Kier alpha value is -2.95. The molecule has 3 aromatic rings. The van der Waals surface area contributed by atoms with E-state index in [1.807, 2.05) is 24.3 Å². The van der Waals surface area contributed by atoms with Gasteiger partial charge in [0.05, 0.1) is 5.52 Å². The van der Waals surface area contributed by atoms with Crippen molar-refractivity contribution in [3.8, 4) is 5.88 Å². The number of amides is 1. The van der Waals surface area contributed by atoms with Crippen molar-refractivity contribution in [3.05, 3.63) is 59.7 Å². The van der Waals surface area contributed by atoms with Crippen LogP contribution in [-0.2, 0) is 0 Å². The van der Waals surface area contributed by atoms with Gasteiger partial charge < -0.3 is 10.1 Å². The summed E-state index contributed by atoms with van der Waals surface area (Å²) in [5.41, 5.74) is 2.63. The number of hydrogen-bond donors (Lipinski definition) is 2. The molecule has 0 bridgehead atoms. The summed E-state index contributed by atoms with van der Waals surface area (Å²) >= 11 is 0. The third-order valence-corrected chi connectivity index (χ3v) is 3.70. The molecule has 0 saturated heterocycles. The van der Waals surface area contributed by atoms with Gasteiger partial charge in [-0.2, -0.15) is 0 Å². The van der Waals surface area contributed by atoms with Crippen molar-refractivity contribution in [1.82, 2.24) is 4.98 Å². The minimum absolute atomic E-state index is 0.0921. The summed E-state index contributed by atoms with van der Waals surface area (Å²) in [4.78, 5) is 14.9. The number of benzene rings is 2. The standard InChI is InChI=1S/C18H17N3O2/c1-11(2)13-8-9-15-14(10-13)16(18(23)19-15)20-21-17(22)12-6-4-3-5-7-12/h3-11,19,23H,1-2H3.